The van der Waals surface area contributed by atoms with Crippen molar-refractivity contribution < 1.29 is 0 Å². The molecular weight excluding hydrogens is 234 g/mol. The average Bonchev–Trinajstić information content (AvgIpc) is 2.78. The highest BCUT2D eigenvalue weighted by molar-refractivity contribution is 7.07. The minimum absolute atomic E-state index is 0.286. The molecule has 0 radical (unpaired) electrons. The van der Waals surface area contributed by atoms with Crippen LogP contribution in [0.1, 0.15) is 31.0 Å². The molecule has 5 nitrogen and oxygen atoms in total. The molecule has 0 aliphatic rings. The highest BCUT2D eigenvalue weighted by Gasteiger charge is 2.12. The van der Waals surface area contributed by atoms with Gasteiger partial charge in [-0.15, -0.1) is 11.3 Å². The van der Waals surface area contributed by atoms with Gasteiger partial charge in [-0.1, -0.05) is 13.8 Å². The summed E-state index contributed by atoms with van der Waals surface area (Å²) < 4.78 is 0. The molecule has 6 heteroatoms. The third-order valence-corrected chi connectivity index (χ3v) is 3.05. The summed E-state index contributed by atoms with van der Waals surface area (Å²) in [4.78, 5) is 12.5. The van der Waals surface area contributed by atoms with Crippen molar-refractivity contribution in [2.45, 2.75) is 26.3 Å². The Morgan fingerprint density at radius 3 is 2.82 bits per heavy atom. The summed E-state index contributed by atoms with van der Waals surface area (Å²) in [5.74, 6) is 1.62. The van der Waals surface area contributed by atoms with Gasteiger partial charge in [0.25, 0.3) is 0 Å². The van der Waals surface area contributed by atoms with Crippen LogP contribution >= 0.6 is 11.3 Å². The molecule has 0 spiro atoms. The number of thiazole rings is 1. The lowest BCUT2D eigenvalue weighted by Crippen LogP contribution is -2.09. The number of nitrogens with zero attached hydrogens (tertiary/aromatic N) is 3. The summed E-state index contributed by atoms with van der Waals surface area (Å²) in [5.41, 5.74) is 9.64. The number of nitrogens with two attached hydrogens (primary N) is 1. The Kier molecular flexibility index (Phi) is 3.53. The van der Waals surface area contributed by atoms with Gasteiger partial charge in [0.1, 0.15) is 18.0 Å². The summed E-state index contributed by atoms with van der Waals surface area (Å²) in [6, 6.07) is 0. The van der Waals surface area contributed by atoms with E-state index in [1.54, 1.807) is 11.3 Å². The van der Waals surface area contributed by atoms with Gasteiger partial charge < -0.3 is 11.1 Å². The third-order valence-electron chi connectivity index (χ3n) is 2.41. The summed E-state index contributed by atoms with van der Waals surface area (Å²) in [5, 5.41) is 5.26. The van der Waals surface area contributed by atoms with E-state index in [4.69, 9.17) is 5.73 Å². The van der Waals surface area contributed by atoms with Gasteiger partial charge in [-0.3, -0.25) is 0 Å². The van der Waals surface area contributed by atoms with E-state index in [0.717, 1.165) is 17.1 Å². The average molecular weight is 249 g/mol. The predicted molar refractivity (Wildman–Crippen MR) is 70.0 cm³/mol. The molecule has 3 N–H and O–H groups in total. The lowest BCUT2D eigenvalue weighted by atomic mass is 10.0. The van der Waals surface area contributed by atoms with Gasteiger partial charge in [0.05, 0.1) is 17.7 Å². The zero-order chi connectivity index (χ0) is 12.3. The molecule has 0 aromatic carbocycles. The van der Waals surface area contributed by atoms with Crippen molar-refractivity contribution in [3.05, 3.63) is 28.5 Å². The molecule has 0 atom stereocenters. The Balaban J connectivity index is 2.18. The smallest absolute Gasteiger partial charge is 0.135 e. The minimum Gasteiger partial charge on any atom is -0.383 e. The van der Waals surface area contributed by atoms with E-state index < -0.39 is 0 Å². The van der Waals surface area contributed by atoms with Crippen molar-refractivity contribution in [3.8, 4) is 0 Å². The first-order chi connectivity index (χ1) is 8.18. The minimum atomic E-state index is 0.286. The molecule has 0 aliphatic carbocycles. The number of nitrogens with one attached hydrogen (secondary N) is 1. The van der Waals surface area contributed by atoms with Crippen LogP contribution in [0, 0.1) is 0 Å². The SMILES string of the molecule is CC(C)c1c(N)ncnc1NCc1cscn1. The molecule has 2 rings (SSSR count). The molecule has 2 aromatic heterocycles. The maximum absolute atomic E-state index is 5.87. The van der Waals surface area contributed by atoms with E-state index in [-0.39, 0.29) is 5.92 Å². The van der Waals surface area contributed by atoms with Crippen LogP contribution in [0.2, 0.25) is 0 Å². The molecule has 2 heterocycles. The third kappa shape index (κ3) is 2.71. The molecule has 0 aliphatic heterocycles. The number of hydrogen-bond acceptors (Lipinski definition) is 6. The Labute approximate surface area is 104 Å². The van der Waals surface area contributed by atoms with E-state index in [1.165, 1.54) is 6.33 Å². The number of hydrogen-bond donors (Lipinski definition) is 2. The van der Waals surface area contributed by atoms with E-state index in [0.29, 0.717) is 12.4 Å². The Bertz CT molecular complexity index is 481. The van der Waals surface area contributed by atoms with Gasteiger partial charge in [-0.25, -0.2) is 15.0 Å². The number of rotatable bonds is 4. The van der Waals surface area contributed by atoms with Crippen LogP contribution in [-0.4, -0.2) is 15.0 Å². The first-order valence-corrected chi connectivity index (χ1v) is 6.34. The summed E-state index contributed by atoms with van der Waals surface area (Å²) in [6.45, 7) is 4.80. The second kappa shape index (κ2) is 5.09. The molecule has 90 valence electrons. The van der Waals surface area contributed by atoms with Crippen LogP contribution in [0.4, 0.5) is 11.6 Å². The first-order valence-electron chi connectivity index (χ1n) is 5.39. The monoisotopic (exact) mass is 249 g/mol. The van der Waals surface area contributed by atoms with E-state index in [1.807, 2.05) is 10.9 Å². The quantitative estimate of drug-likeness (QED) is 0.869. The zero-order valence-corrected chi connectivity index (χ0v) is 10.7. The molecule has 17 heavy (non-hydrogen) atoms. The molecular formula is C11H15N5S. The van der Waals surface area contributed by atoms with Gasteiger partial charge >= 0.3 is 0 Å². The maximum atomic E-state index is 5.87. The van der Waals surface area contributed by atoms with Crippen molar-refractivity contribution in [2.24, 2.45) is 0 Å². The Hall–Kier alpha value is -1.69. The topological polar surface area (TPSA) is 76.7 Å². The van der Waals surface area contributed by atoms with Crippen molar-refractivity contribution in [2.75, 3.05) is 11.1 Å². The normalized spacial score (nSPS) is 10.8. The van der Waals surface area contributed by atoms with Crippen LogP contribution in [0.5, 0.6) is 0 Å². The molecule has 0 saturated heterocycles. The lowest BCUT2D eigenvalue weighted by Gasteiger charge is -2.14. The van der Waals surface area contributed by atoms with E-state index in [9.17, 15) is 0 Å². The summed E-state index contributed by atoms with van der Waals surface area (Å²) in [7, 11) is 0. The van der Waals surface area contributed by atoms with Crippen molar-refractivity contribution in [1.29, 1.82) is 0 Å². The standard InChI is InChI=1S/C11H15N5S/c1-7(2)9-10(12)14-5-15-11(9)13-3-8-4-17-6-16-8/h4-7H,3H2,1-2H3,(H3,12,13,14,15). The molecule has 0 amide bonds. The van der Waals surface area contributed by atoms with Crippen molar-refractivity contribution in [1.82, 2.24) is 15.0 Å². The van der Waals surface area contributed by atoms with Gasteiger partial charge in [0.2, 0.25) is 0 Å². The second-order valence-electron chi connectivity index (χ2n) is 4.01. The summed E-state index contributed by atoms with van der Waals surface area (Å²) in [6.07, 6.45) is 1.48. The van der Waals surface area contributed by atoms with Crippen LogP contribution in [0.3, 0.4) is 0 Å². The van der Waals surface area contributed by atoms with Crippen LogP contribution in [0.25, 0.3) is 0 Å². The van der Waals surface area contributed by atoms with Crippen molar-refractivity contribution in [3.63, 3.8) is 0 Å². The molecule has 2 aromatic rings. The fourth-order valence-electron chi connectivity index (χ4n) is 1.62. The predicted octanol–water partition coefficient (Wildman–Crippen LogP) is 2.25. The zero-order valence-electron chi connectivity index (χ0n) is 9.84. The Morgan fingerprint density at radius 2 is 2.18 bits per heavy atom. The molecule has 0 unspecified atom stereocenters. The molecule has 0 bridgehead atoms. The fourth-order valence-corrected chi connectivity index (χ4v) is 2.18. The van der Waals surface area contributed by atoms with Gasteiger partial charge in [0, 0.05) is 10.9 Å². The molecule has 0 saturated carbocycles. The largest absolute Gasteiger partial charge is 0.383 e. The molecule has 0 fully saturated rings. The Morgan fingerprint density at radius 1 is 1.35 bits per heavy atom. The van der Waals surface area contributed by atoms with Crippen LogP contribution in [-0.2, 0) is 6.54 Å². The van der Waals surface area contributed by atoms with Crippen LogP contribution < -0.4 is 11.1 Å². The highest BCUT2D eigenvalue weighted by atomic mass is 32.1. The highest BCUT2D eigenvalue weighted by Crippen LogP contribution is 2.26. The fraction of sp³-hybridized carbons (Fsp3) is 0.364. The number of anilines is 2. The summed E-state index contributed by atoms with van der Waals surface area (Å²) >= 11 is 1.58. The number of aromatic nitrogens is 3. The van der Waals surface area contributed by atoms with E-state index >= 15 is 0 Å². The van der Waals surface area contributed by atoms with Crippen LogP contribution in [0.15, 0.2) is 17.2 Å². The van der Waals surface area contributed by atoms with Crippen molar-refractivity contribution >= 4 is 23.0 Å². The maximum Gasteiger partial charge on any atom is 0.135 e. The van der Waals surface area contributed by atoms with E-state index in [2.05, 4.69) is 34.1 Å². The van der Waals surface area contributed by atoms with Gasteiger partial charge in [-0.05, 0) is 5.92 Å². The lowest BCUT2D eigenvalue weighted by molar-refractivity contribution is 0.848. The van der Waals surface area contributed by atoms with Gasteiger partial charge in [-0.2, -0.15) is 0 Å². The number of nitrogen functional groups attached to an aromatic ring is 1. The first kappa shape index (κ1) is 11.8. The van der Waals surface area contributed by atoms with Gasteiger partial charge in [0.15, 0.2) is 0 Å². The second-order valence-corrected chi connectivity index (χ2v) is 4.73.